The molecule has 3 rings (SSSR count). The van der Waals surface area contributed by atoms with Crippen LogP contribution in [0.3, 0.4) is 0 Å². The van der Waals surface area contributed by atoms with Crippen LogP contribution in [0.25, 0.3) is 5.82 Å². The van der Waals surface area contributed by atoms with E-state index < -0.39 is 0 Å². The molecule has 5 heteroatoms. The van der Waals surface area contributed by atoms with Crippen LogP contribution in [-0.4, -0.2) is 19.7 Å². The summed E-state index contributed by atoms with van der Waals surface area (Å²) in [5, 5.41) is 4.49. The second-order valence-corrected chi connectivity index (χ2v) is 4.47. The molecular weight excluding hydrogens is 256 g/mol. The fraction of sp³-hybridized carbons (Fsp3) is 0.300. The maximum absolute atomic E-state index is 4.49. The summed E-state index contributed by atoms with van der Waals surface area (Å²) in [4.78, 5) is 8.15. The summed E-state index contributed by atoms with van der Waals surface area (Å²) in [6, 6.07) is 3.91. The third kappa shape index (κ3) is 1.79. The largest absolute Gasteiger partial charge is 0.229 e. The summed E-state index contributed by atoms with van der Waals surface area (Å²) in [6.45, 7) is 0. The lowest BCUT2D eigenvalue weighted by Crippen LogP contribution is -1.99. The molecule has 0 amide bonds. The van der Waals surface area contributed by atoms with Gasteiger partial charge in [0.05, 0.1) is 5.69 Å². The third-order valence-electron chi connectivity index (χ3n) is 2.46. The van der Waals surface area contributed by atoms with Crippen molar-refractivity contribution in [3.05, 3.63) is 35.0 Å². The Morgan fingerprint density at radius 1 is 1.33 bits per heavy atom. The van der Waals surface area contributed by atoms with Gasteiger partial charge in [0.1, 0.15) is 10.9 Å². The highest BCUT2D eigenvalue weighted by atomic mass is 79.9. The van der Waals surface area contributed by atoms with Crippen LogP contribution >= 0.6 is 15.9 Å². The fourth-order valence-electron chi connectivity index (χ4n) is 1.51. The maximum atomic E-state index is 4.49. The van der Waals surface area contributed by atoms with Gasteiger partial charge in [0.2, 0.25) is 0 Å². The molecule has 15 heavy (non-hydrogen) atoms. The van der Waals surface area contributed by atoms with E-state index in [1.807, 2.05) is 12.3 Å². The molecule has 0 atom stereocenters. The van der Waals surface area contributed by atoms with E-state index in [2.05, 4.69) is 37.1 Å². The molecule has 1 aliphatic rings. The van der Waals surface area contributed by atoms with Crippen LogP contribution in [-0.2, 0) is 0 Å². The van der Waals surface area contributed by atoms with Gasteiger partial charge >= 0.3 is 0 Å². The van der Waals surface area contributed by atoms with Gasteiger partial charge in [-0.1, -0.05) is 0 Å². The van der Waals surface area contributed by atoms with Gasteiger partial charge in [0.15, 0.2) is 5.82 Å². The molecule has 4 nitrogen and oxygen atoms in total. The van der Waals surface area contributed by atoms with E-state index in [1.54, 1.807) is 4.68 Å². The summed E-state index contributed by atoms with van der Waals surface area (Å²) in [6.07, 6.45) is 6.01. The summed E-state index contributed by atoms with van der Waals surface area (Å²) in [5.74, 6) is 1.47. The van der Waals surface area contributed by atoms with Crippen LogP contribution < -0.4 is 0 Å². The third-order valence-corrected chi connectivity index (χ3v) is 2.89. The predicted octanol–water partition coefficient (Wildman–Crippen LogP) is 2.30. The van der Waals surface area contributed by atoms with Gasteiger partial charge in [-0.2, -0.15) is 5.10 Å². The standard InChI is InChI=1S/C10H9BrN4/c11-9-5-10(13-6-12-9)15-4-3-8(14-15)7-1-2-7/h3-7H,1-2H2. The van der Waals surface area contributed by atoms with Gasteiger partial charge in [-0.15, -0.1) is 0 Å². The number of nitrogens with zero attached hydrogens (tertiary/aromatic N) is 4. The molecule has 0 saturated heterocycles. The highest BCUT2D eigenvalue weighted by molar-refractivity contribution is 9.10. The molecule has 76 valence electrons. The van der Waals surface area contributed by atoms with Crippen LogP contribution in [0, 0.1) is 0 Å². The van der Waals surface area contributed by atoms with Crippen molar-refractivity contribution in [2.24, 2.45) is 0 Å². The zero-order valence-electron chi connectivity index (χ0n) is 7.97. The first kappa shape index (κ1) is 9.03. The average molecular weight is 265 g/mol. The van der Waals surface area contributed by atoms with Gasteiger partial charge in [-0.05, 0) is 34.8 Å². The van der Waals surface area contributed by atoms with E-state index in [9.17, 15) is 0 Å². The smallest absolute Gasteiger partial charge is 0.157 e. The minimum absolute atomic E-state index is 0.677. The van der Waals surface area contributed by atoms with Crippen molar-refractivity contribution in [3.63, 3.8) is 0 Å². The van der Waals surface area contributed by atoms with Crippen LogP contribution in [0.1, 0.15) is 24.5 Å². The summed E-state index contributed by atoms with van der Waals surface area (Å²) in [5.41, 5.74) is 1.17. The van der Waals surface area contributed by atoms with Crippen LogP contribution in [0.15, 0.2) is 29.3 Å². The highest BCUT2D eigenvalue weighted by Crippen LogP contribution is 2.38. The lowest BCUT2D eigenvalue weighted by Gasteiger charge is -1.99. The Morgan fingerprint density at radius 3 is 2.93 bits per heavy atom. The van der Waals surface area contributed by atoms with Crippen molar-refractivity contribution >= 4 is 15.9 Å². The number of halogens is 1. The average Bonchev–Trinajstić information content (AvgIpc) is 2.97. The zero-order chi connectivity index (χ0) is 10.3. The van der Waals surface area contributed by atoms with Gasteiger partial charge in [0.25, 0.3) is 0 Å². The molecule has 0 spiro atoms. The van der Waals surface area contributed by atoms with Crippen molar-refractivity contribution in [1.29, 1.82) is 0 Å². The first-order chi connectivity index (χ1) is 7.33. The summed E-state index contributed by atoms with van der Waals surface area (Å²) in [7, 11) is 0. The van der Waals surface area contributed by atoms with Crippen LogP contribution in [0.4, 0.5) is 0 Å². The fourth-order valence-corrected chi connectivity index (χ4v) is 1.81. The maximum Gasteiger partial charge on any atom is 0.157 e. The molecular formula is C10H9BrN4. The Morgan fingerprint density at radius 2 is 2.20 bits per heavy atom. The molecule has 1 aliphatic carbocycles. The van der Waals surface area contributed by atoms with Crippen molar-refractivity contribution in [2.75, 3.05) is 0 Å². The summed E-state index contributed by atoms with van der Waals surface area (Å²) >= 11 is 3.32. The van der Waals surface area contributed by atoms with Gasteiger partial charge < -0.3 is 0 Å². The summed E-state index contributed by atoms with van der Waals surface area (Å²) < 4.78 is 2.57. The number of hydrogen-bond acceptors (Lipinski definition) is 3. The van der Waals surface area contributed by atoms with E-state index in [0.29, 0.717) is 5.92 Å². The zero-order valence-corrected chi connectivity index (χ0v) is 9.55. The number of rotatable bonds is 2. The molecule has 2 aromatic heterocycles. The molecule has 0 aliphatic heterocycles. The topological polar surface area (TPSA) is 43.6 Å². The van der Waals surface area contributed by atoms with E-state index in [-0.39, 0.29) is 0 Å². The number of aromatic nitrogens is 4. The normalized spacial score (nSPS) is 15.5. The van der Waals surface area contributed by atoms with Gasteiger partial charge in [0, 0.05) is 18.2 Å². The molecule has 1 saturated carbocycles. The Balaban J connectivity index is 1.97. The molecule has 0 unspecified atom stereocenters. The van der Waals surface area contributed by atoms with Crippen molar-refractivity contribution in [1.82, 2.24) is 19.7 Å². The number of hydrogen-bond donors (Lipinski definition) is 0. The first-order valence-electron chi connectivity index (χ1n) is 4.86. The molecule has 2 aromatic rings. The Kier molecular flexibility index (Phi) is 2.05. The lowest BCUT2D eigenvalue weighted by atomic mass is 10.3. The van der Waals surface area contributed by atoms with Gasteiger partial charge in [-0.3, -0.25) is 0 Å². The first-order valence-corrected chi connectivity index (χ1v) is 5.66. The van der Waals surface area contributed by atoms with Crippen molar-refractivity contribution in [3.8, 4) is 5.82 Å². The molecule has 0 radical (unpaired) electrons. The molecule has 2 heterocycles. The van der Waals surface area contributed by atoms with Crippen LogP contribution in [0.5, 0.6) is 0 Å². The van der Waals surface area contributed by atoms with E-state index in [0.717, 1.165) is 10.4 Å². The molecule has 0 N–H and O–H groups in total. The quantitative estimate of drug-likeness (QED) is 0.782. The van der Waals surface area contributed by atoms with Crippen molar-refractivity contribution in [2.45, 2.75) is 18.8 Å². The Labute approximate surface area is 95.5 Å². The minimum atomic E-state index is 0.677. The molecule has 1 fully saturated rings. The monoisotopic (exact) mass is 264 g/mol. The van der Waals surface area contributed by atoms with E-state index in [4.69, 9.17) is 0 Å². The lowest BCUT2D eigenvalue weighted by molar-refractivity contribution is 0.806. The van der Waals surface area contributed by atoms with Gasteiger partial charge in [-0.25, -0.2) is 14.6 Å². The second-order valence-electron chi connectivity index (χ2n) is 3.66. The van der Waals surface area contributed by atoms with Crippen molar-refractivity contribution < 1.29 is 0 Å². The highest BCUT2D eigenvalue weighted by Gasteiger charge is 2.25. The van der Waals surface area contributed by atoms with E-state index in [1.165, 1.54) is 24.9 Å². The van der Waals surface area contributed by atoms with Crippen LogP contribution in [0.2, 0.25) is 0 Å². The Bertz CT molecular complexity index is 490. The minimum Gasteiger partial charge on any atom is -0.229 e. The SMILES string of the molecule is Brc1cc(-n2ccc(C3CC3)n2)ncn1. The predicted molar refractivity (Wildman–Crippen MR) is 58.8 cm³/mol. The molecule has 0 bridgehead atoms. The van der Waals surface area contributed by atoms with E-state index >= 15 is 0 Å². The Hall–Kier alpha value is -1.23. The second kappa shape index (κ2) is 3.41. The molecule has 0 aromatic carbocycles.